The number of hydrogen-bond donors (Lipinski definition) is 0. The van der Waals surface area contributed by atoms with Crippen LogP contribution in [-0.2, 0) is 10.8 Å². The van der Waals surface area contributed by atoms with Gasteiger partial charge in [0.25, 0.3) is 0 Å². The molecular weight excluding hydrogens is 336 g/mol. The second-order valence-corrected chi connectivity index (χ2v) is 10.4. The highest BCUT2D eigenvalue weighted by Crippen LogP contribution is 2.50. The summed E-state index contributed by atoms with van der Waals surface area (Å²) in [5, 5.41) is 0. The summed E-state index contributed by atoms with van der Waals surface area (Å²) in [5.74, 6) is 0.316. The van der Waals surface area contributed by atoms with Gasteiger partial charge in [0, 0.05) is 5.92 Å². The summed E-state index contributed by atoms with van der Waals surface area (Å²) in [6, 6.07) is 23.1. The summed E-state index contributed by atoms with van der Waals surface area (Å²) in [4.78, 5) is 0. The lowest BCUT2D eigenvalue weighted by molar-refractivity contribution is 0.589. The van der Waals surface area contributed by atoms with Gasteiger partial charge >= 0.3 is 0 Å². The van der Waals surface area contributed by atoms with Crippen LogP contribution in [-0.4, -0.2) is 0 Å². The van der Waals surface area contributed by atoms with E-state index < -0.39 is 0 Å². The Morgan fingerprint density at radius 3 is 1.46 bits per heavy atom. The largest absolute Gasteiger partial charge is 0.0620 e. The molecule has 0 nitrogen and oxygen atoms in total. The van der Waals surface area contributed by atoms with Gasteiger partial charge in [0.15, 0.2) is 0 Å². The van der Waals surface area contributed by atoms with Gasteiger partial charge in [0.1, 0.15) is 0 Å². The highest BCUT2D eigenvalue weighted by molar-refractivity contribution is 5.82. The minimum absolute atomic E-state index is 0.149. The molecule has 4 rings (SSSR count). The van der Waals surface area contributed by atoms with E-state index in [1.807, 2.05) is 0 Å². The average molecular weight is 369 g/mol. The normalized spacial score (nSPS) is 14.1. The number of fused-ring (bicyclic) bond motifs is 3. The van der Waals surface area contributed by atoms with Gasteiger partial charge in [-0.05, 0) is 62.3 Å². The Kier molecular flexibility index (Phi) is 4.30. The van der Waals surface area contributed by atoms with Gasteiger partial charge < -0.3 is 0 Å². The van der Waals surface area contributed by atoms with Gasteiger partial charge in [-0.15, -0.1) is 0 Å². The molecule has 144 valence electrons. The third-order valence-electron chi connectivity index (χ3n) is 6.25. The van der Waals surface area contributed by atoms with E-state index in [0.29, 0.717) is 5.92 Å². The Hall–Kier alpha value is -2.34. The molecule has 0 unspecified atom stereocenters. The Morgan fingerprint density at radius 2 is 1.04 bits per heavy atom. The van der Waals surface area contributed by atoms with Crippen LogP contribution in [0.3, 0.4) is 0 Å². The first kappa shape index (κ1) is 19.0. The molecule has 3 aromatic rings. The van der Waals surface area contributed by atoms with Crippen molar-refractivity contribution in [2.24, 2.45) is 0 Å². The van der Waals surface area contributed by atoms with Crippen LogP contribution < -0.4 is 0 Å². The molecule has 0 fully saturated rings. The Bertz CT molecular complexity index is 975. The van der Waals surface area contributed by atoms with Crippen molar-refractivity contribution < 1.29 is 0 Å². The van der Waals surface area contributed by atoms with E-state index in [4.69, 9.17) is 0 Å². The maximum absolute atomic E-state index is 2.46. The first-order chi connectivity index (χ1) is 13.1. The topological polar surface area (TPSA) is 0 Å². The van der Waals surface area contributed by atoms with Gasteiger partial charge in [-0.1, -0.05) is 102 Å². The highest BCUT2D eigenvalue weighted by atomic mass is 14.4. The minimum Gasteiger partial charge on any atom is -0.0620 e. The molecule has 0 atom stereocenters. The summed E-state index contributed by atoms with van der Waals surface area (Å²) >= 11 is 0. The molecule has 0 heteroatoms. The fraction of sp³-hybridized carbons (Fsp3) is 0.357. The first-order valence-corrected chi connectivity index (χ1v) is 10.4. The molecule has 0 spiro atoms. The minimum atomic E-state index is 0.149. The molecule has 0 saturated heterocycles. The molecule has 0 aliphatic heterocycles. The summed E-state index contributed by atoms with van der Waals surface area (Å²) in [7, 11) is 0. The van der Waals surface area contributed by atoms with Crippen LogP contribution in [0.4, 0.5) is 0 Å². The number of rotatable bonds is 1. The van der Waals surface area contributed by atoms with Crippen molar-refractivity contribution in [2.75, 3.05) is 0 Å². The zero-order valence-corrected chi connectivity index (χ0v) is 18.4. The van der Waals surface area contributed by atoms with Gasteiger partial charge in [-0.2, -0.15) is 0 Å². The van der Waals surface area contributed by atoms with Crippen molar-refractivity contribution in [3.63, 3.8) is 0 Å². The monoisotopic (exact) mass is 368 g/mol. The lowest BCUT2D eigenvalue weighted by atomic mass is 9.80. The quantitative estimate of drug-likeness (QED) is 0.322. The van der Waals surface area contributed by atoms with E-state index in [2.05, 4.69) is 109 Å². The molecule has 1 aliphatic rings. The molecule has 28 heavy (non-hydrogen) atoms. The SMILES string of the molecule is Cc1ccccc1C1c2cc(C(C)(C)C)ccc2-c2ccc(C(C)(C)C)cc21. The molecule has 1 aliphatic carbocycles. The van der Waals surface area contributed by atoms with E-state index in [1.54, 1.807) is 0 Å². The van der Waals surface area contributed by atoms with Crippen molar-refractivity contribution in [1.29, 1.82) is 0 Å². The van der Waals surface area contributed by atoms with E-state index in [-0.39, 0.29) is 10.8 Å². The van der Waals surface area contributed by atoms with Crippen LogP contribution in [0.1, 0.15) is 80.8 Å². The zero-order valence-electron chi connectivity index (χ0n) is 18.4. The lowest BCUT2D eigenvalue weighted by Crippen LogP contribution is -2.13. The van der Waals surface area contributed by atoms with Gasteiger partial charge in [-0.25, -0.2) is 0 Å². The predicted octanol–water partition coefficient (Wildman–Crippen LogP) is 7.75. The van der Waals surface area contributed by atoms with E-state index >= 15 is 0 Å². The second-order valence-electron chi connectivity index (χ2n) is 10.4. The Balaban J connectivity index is 2.00. The third-order valence-corrected chi connectivity index (χ3v) is 6.25. The van der Waals surface area contributed by atoms with Crippen LogP contribution in [0.15, 0.2) is 60.7 Å². The molecule has 0 bridgehead atoms. The van der Waals surface area contributed by atoms with Gasteiger partial charge in [0.05, 0.1) is 0 Å². The van der Waals surface area contributed by atoms with Crippen molar-refractivity contribution in [3.8, 4) is 11.1 Å². The average Bonchev–Trinajstić information content (AvgIpc) is 2.93. The van der Waals surface area contributed by atoms with Gasteiger partial charge in [-0.3, -0.25) is 0 Å². The van der Waals surface area contributed by atoms with Crippen molar-refractivity contribution in [2.45, 2.75) is 65.2 Å². The molecule has 0 amide bonds. The van der Waals surface area contributed by atoms with Crippen molar-refractivity contribution in [1.82, 2.24) is 0 Å². The maximum atomic E-state index is 2.46. The molecule has 0 aromatic heterocycles. The van der Waals surface area contributed by atoms with E-state index in [9.17, 15) is 0 Å². The van der Waals surface area contributed by atoms with Crippen LogP contribution in [0, 0.1) is 6.92 Å². The predicted molar refractivity (Wildman–Crippen MR) is 121 cm³/mol. The van der Waals surface area contributed by atoms with Crippen LogP contribution in [0.25, 0.3) is 11.1 Å². The smallest absolute Gasteiger partial charge is 0.0355 e. The Morgan fingerprint density at radius 1 is 0.571 bits per heavy atom. The number of hydrogen-bond acceptors (Lipinski definition) is 0. The molecule has 0 saturated carbocycles. The lowest BCUT2D eigenvalue weighted by Gasteiger charge is -2.23. The van der Waals surface area contributed by atoms with Crippen LogP contribution >= 0.6 is 0 Å². The van der Waals surface area contributed by atoms with Gasteiger partial charge in [0.2, 0.25) is 0 Å². The molecule has 0 heterocycles. The van der Waals surface area contributed by atoms with Crippen LogP contribution in [0.5, 0.6) is 0 Å². The molecular formula is C28H32. The molecule has 0 radical (unpaired) electrons. The van der Waals surface area contributed by atoms with E-state index in [1.165, 1.54) is 44.5 Å². The summed E-state index contributed by atoms with van der Waals surface area (Å²) in [6.45, 7) is 16.1. The zero-order chi connectivity index (χ0) is 20.3. The summed E-state index contributed by atoms with van der Waals surface area (Å²) in [5.41, 5.74) is 11.6. The Labute approximate surface area is 170 Å². The molecule has 0 N–H and O–H groups in total. The second kappa shape index (κ2) is 6.34. The van der Waals surface area contributed by atoms with E-state index in [0.717, 1.165) is 0 Å². The first-order valence-electron chi connectivity index (χ1n) is 10.4. The standard InChI is InChI=1S/C28H32/c1-18-10-8-9-11-21(18)26-24-16-19(27(2,3)4)12-14-22(24)23-15-13-20(17-25(23)26)28(5,6)7/h8-17,26H,1-7H3. The number of aryl methyl sites for hydroxylation is 1. The maximum Gasteiger partial charge on any atom is 0.0355 e. The summed E-state index contributed by atoms with van der Waals surface area (Å²) in [6.07, 6.45) is 0. The molecule has 3 aromatic carbocycles. The summed E-state index contributed by atoms with van der Waals surface area (Å²) < 4.78 is 0. The number of benzene rings is 3. The van der Waals surface area contributed by atoms with Crippen molar-refractivity contribution in [3.05, 3.63) is 94.0 Å². The third kappa shape index (κ3) is 3.09. The van der Waals surface area contributed by atoms with Crippen molar-refractivity contribution >= 4 is 0 Å². The fourth-order valence-corrected chi connectivity index (χ4v) is 4.44. The fourth-order valence-electron chi connectivity index (χ4n) is 4.44. The van der Waals surface area contributed by atoms with Crippen LogP contribution in [0.2, 0.25) is 0 Å². The highest BCUT2D eigenvalue weighted by Gasteiger charge is 2.33.